The minimum Gasteiger partial charge on any atom is -0.454 e. The molecule has 3 aliphatic heterocycles. The van der Waals surface area contributed by atoms with Crippen LogP contribution in [0.4, 0.5) is 28.4 Å². The van der Waals surface area contributed by atoms with Crippen molar-refractivity contribution in [3.63, 3.8) is 0 Å². The molecule has 0 bridgehead atoms. The van der Waals surface area contributed by atoms with Crippen LogP contribution in [-0.2, 0) is 10.8 Å². The molecule has 0 atom stereocenters. The number of benzene rings is 9. The van der Waals surface area contributed by atoms with Crippen molar-refractivity contribution in [3.05, 3.63) is 198 Å². The van der Waals surface area contributed by atoms with Gasteiger partial charge in [0.2, 0.25) is 0 Å². The summed E-state index contributed by atoms with van der Waals surface area (Å²) in [7, 11) is 0. The summed E-state index contributed by atoms with van der Waals surface area (Å²) in [6.07, 6.45) is 0. The Hall–Kier alpha value is -7.30. The molecule has 0 radical (unpaired) electrons. The fourth-order valence-electron chi connectivity index (χ4n) is 12.1. The molecule has 1 aromatic heterocycles. The van der Waals surface area contributed by atoms with Gasteiger partial charge < -0.3 is 14.1 Å². The Labute approximate surface area is 361 Å². The van der Waals surface area contributed by atoms with Crippen LogP contribution in [0.5, 0.6) is 0 Å². The summed E-state index contributed by atoms with van der Waals surface area (Å²) in [4.78, 5) is 5.33. The average Bonchev–Trinajstić information content (AvgIpc) is 3.80. The molecule has 0 saturated carbocycles. The molecule has 4 heterocycles. The topological polar surface area (TPSA) is 19.6 Å². The molecule has 14 rings (SSSR count). The molecule has 0 unspecified atom stereocenters. The second-order valence-electron chi connectivity index (χ2n) is 18.8. The van der Waals surface area contributed by atoms with Gasteiger partial charge in [-0.2, -0.15) is 0 Å². The van der Waals surface area contributed by atoms with Crippen LogP contribution in [0.1, 0.15) is 49.9 Å². The maximum atomic E-state index is 7.18. The van der Waals surface area contributed by atoms with Gasteiger partial charge in [-0.05, 0) is 108 Å². The fraction of sp³-hybridized carbons (Fsp3) is 0.103. The monoisotopic (exact) mass is 792 g/mol. The smallest absolute Gasteiger partial charge is 0.333 e. The first-order chi connectivity index (χ1) is 30.3. The molecule has 4 aliphatic rings. The Morgan fingerprint density at radius 2 is 1.18 bits per heavy atom. The minimum atomic E-state index is -0.279. The molecule has 0 N–H and O–H groups in total. The van der Waals surface area contributed by atoms with Crippen molar-refractivity contribution in [3.8, 4) is 33.4 Å². The SMILES string of the molecule is CC1(C)c2cc3ccccc3cc2N2c3c(cccc31)B1c3c(cc4c(oc5ccccc54)c32)-c2ccc(-c3ccccc3)cc2N1c1cccc2c1C(C)(C)c1ccccc1-2. The van der Waals surface area contributed by atoms with Gasteiger partial charge in [-0.3, -0.25) is 0 Å². The van der Waals surface area contributed by atoms with Crippen LogP contribution < -0.4 is 20.6 Å². The van der Waals surface area contributed by atoms with Crippen LogP contribution in [0.2, 0.25) is 0 Å². The highest BCUT2D eigenvalue weighted by Crippen LogP contribution is 2.59. The van der Waals surface area contributed by atoms with Crippen molar-refractivity contribution in [1.29, 1.82) is 0 Å². The number of fused-ring (bicyclic) bond motifs is 14. The van der Waals surface area contributed by atoms with Gasteiger partial charge in [0.25, 0.3) is 0 Å². The summed E-state index contributed by atoms with van der Waals surface area (Å²) < 4.78 is 7.18. The van der Waals surface area contributed by atoms with Crippen LogP contribution in [0, 0.1) is 0 Å². The van der Waals surface area contributed by atoms with Crippen molar-refractivity contribution in [1.82, 2.24) is 0 Å². The molecule has 62 heavy (non-hydrogen) atoms. The van der Waals surface area contributed by atoms with E-state index < -0.39 is 0 Å². The molecule has 4 heteroatoms. The van der Waals surface area contributed by atoms with E-state index >= 15 is 0 Å². The second-order valence-corrected chi connectivity index (χ2v) is 18.8. The van der Waals surface area contributed by atoms with E-state index in [-0.39, 0.29) is 17.7 Å². The normalized spacial score (nSPS) is 15.6. The van der Waals surface area contributed by atoms with Gasteiger partial charge in [0, 0.05) is 44.2 Å². The van der Waals surface area contributed by atoms with Crippen molar-refractivity contribution >= 4 is 78.9 Å². The number of para-hydroxylation sites is 2. The van der Waals surface area contributed by atoms with E-state index in [9.17, 15) is 0 Å². The molecule has 10 aromatic rings. The van der Waals surface area contributed by atoms with E-state index in [1.807, 2.05) is 0 Å². The lowest BCUT2D eigenvalue weighted by Gasteiger charge is -2.50. The number of nitrogens with zero attached hydrogens (tertiary/aromatic N) is 2. The zero-order valence-electron chi connectivity index (χ0n) is 35.1. The van der Waals surface area contributed by atoms with Gasteiger partial charge in [-0.1, -0.05) is 167 Å². The van der Waals surface area contributed by atoms with Crippen molar-refractivity contribution in [2.75, 3.05) is 9.71 Å². The fourth-order valence-corrected chi connectivity index (χ4v) is 12.1. The van der Waals surface area contributed by atoms with E-state index in [0.29, 0.717) is 0 Å². The number of anilines is 5. The van der Waals surface area contributed by atoms with Crippen molar-refractivity contribution in [2.24, 2.45) is 0 Å². The first-order valence-electron chi connectivity index (χ1n) is 22.0. The molecule has 0 fully saturated rings. The predicted molar refractivity (Wildman–Crippen MR) is 260 cm³/mol. The van der Waals surface area contributed by atoms with Gasteiger partial charge >= 0.3 is 6.85 Å². The van der Waals surface area contributed by atoms with Crippen LogP contribution >= 0.6 is 0 Å². The average molecular weight is 793 g/mol. The molecule has 1 aliphatic carbocycles. The molecular formula is C58H41BN2O. The second kappa shape index (κ2) is 11.7. The first kappa shape index (κ1) is 34.4. The summed E-state index contributed by atoms with van der Waals surface area (Å²) >= 11 is 0. The molecule has 292 valence electrons. The lowest BCUT2D eigenvalue weighted by molar-refractivity contribution is 0.632. The van der Waals surface area contributed by atoms with E-state index in [1.54, 1.807) is 0 Å². The molecule has 0 spiro atoms. The third-order valence-electron chi connectivity index (χ3n) is 14.9. The van der Waals surface area contributed by atoms with Crippen LogP contribution in [0.25, 0.3) is 66.1 Å². The summed E-state index contributed by atoms with van der Waals surface area (Å²) in [6.45, 7) is 9.51. The van der Waals surface area contributed by atoms with Gasteiger partial charge in [0.05, 0.1) is 11.4 Å². The maximum Gasteiger partial charge on any atom is 0.333 e. The Kier molecular flexibility index (Phi) is 6.52. The quantitative estimate of drug-likeness (QED) is 0.163. The van der Waals surface area contributed by atoms with E-state index in [1.165, 1.54) is 100 Å². The van der Waals surface area contributed by atoms with Gasteiger partial charge in [0.15, 0.2) is 5.58 Å². The molecule has 0 amide bonds. The van der Waals surface area contributed by atoms with Crippen LogP contribution in [0.3, 0.4) is 0 Å². The van der Waals surface area contributed by atoms with E-state index in [0.717, 1.165) is 27.6 Å². The maximum absolute atomic E-state index is 7.18. The Balaban J connectivity index is 1.17. The van der Waals surface area contributed by atoms with Crippen LogP contribution in [-0.4, -0.2) is 6.85 Å². The lowest BCUT2D eigenvalue weighted by Crippen LogP contribution is -2.62. The van der Waals surface area contributed by atoms with Gasteiger partial charge in [0.1, 0.15) is 5.58 Å². The molecule has 3 nitrogen and oxygen atoms in total. The summed E-state index contributed by atoms with van der Waals surface area (Å²) in [6, 6.07) is 65.9. The van der Waals surface area contributed by atoms with Crippen LogP contribution in [0.15, 0.2) is 180 Å². The lowest BCUT2D eigenvalue weighted by atomic mass is 9.42. The number of rotatable bonds is 2. The van der Waals surface area contributed by atoms with Crippen molar-refractivity contribution < 1.29 is 4.42 Å². The Morgan fingerprint density at radius 3 is 2.05 bits per heavy atom. The third-order valence-corrected chi connectivity index (χ3v) is 14.9. The first-order valence-corrected chi connectivity index (χ1v) is 22.0. The summed E-state index contributed by atoms with van der Waals surface area (Å²) in [5.41, 5.74) is 22.9. The molecular weight excluding hydrogens is 751 g/mol. The number of furan rings is 1. The Bertz CT molecular complexity index is 3620. The van der Waals surface area contributed by atoms with Crippen molar-refractivity contribution in [2.45, 2.75) is 38.5 Å². The molecule has 0 saturated heterocycles. The van der Waals surface area contributed by atoms with E-state index in [4.69, 9.17) is 4.42 Å². The Morgan fingerprint density at radius 1 is 0.452 bits per heavy atom. The highest BCUT2D eigenvalue weighted by Gasteiger charge is 2.52. The van der Waals surface area contributed by atoms with Gasteiger partial charge in [-0.25, -0.2) is 0 Å². The largest absolute Gasteiger partial charge is 0.454 e. The third kappa shape index (κ3) is 4.22. The zero-order chi connectivity index (χ0) is 41.2. The number of hydrogen-bond donors (Lipinski definition) is 0. The standard InChI is InChI=1S/C58H41BN2O/c1-57(2)45-24-15-25-47-54(45)60(50-32-36-19-9-8-18-35(36)30-46(50)57)55-53-42(33-43-40-21-11-13-27-51(40)62-56(43)55)39-29-28-37(34-16-6-5-7-17-34)31-49(39)61(59(47)53)48-26-14-22-41-38-20-10-12-23-44(38)58(3,4)52(41)48/h5-33H,1-4H3. The van der Waals surface area contributed by atoms with Gasteiger partial charge in [-0.15, -0.1) is 0 Å². The summed E-state index contributed by atoms with van der Waals surface area (Å²) in [5, 5.41) is 4.77. The minimum absolute atomic E-state index is 0.161. The zero-order valence-corrected chi connectivity index (χ0v) is 35.1. The summed E-state index contributed by atoms with van der Waals surface area (Å²) in [5.74, 6) is 0. The molecule has 9 aromatic carbocycles. The number of hydrogen-bond acceptors (Lipinski definition) is 3. The van der Waals surface area contributed by atoms with E-state index in [2.05, 4.69) is 213 Å². The highest BCUT2D eigenvalue weighted by molar-refractivity contribution is 6.94. The highest BCUT2D eigenvalue weighted by atomic mass is 16.3. The predicted octanol–water partition coefficient (Wildman–Crippen LogP) is 14.1.